The molecule has 1 aromatic carbocycles. The van der Waals surface area contributed by atoms with Crippen LogP contribution in [0.15, 0.2) is 42.6 Å². The molecule has 2 rings (SSSR count). The van der Waals surface area contributed by atoms with Crippen LogP contribution in [0.3, 0.4) is 0 Å². The number of aromatic nitrogens is 1. The van der Waals surface area contributed by atoms with Crippen LogP contribution in [0, 0.1) is 0 Å². The van der Waals surface area contributed by atoms with Crippen LogP contribution in [0.1, 0.15) is 31.9 Å². The number of pyridine rings is 1. The summed E-state index contributed by atoms with van der Waals surface area (Å²) in [5, 5.41) is 8.99. The lowest BCUT2D eigenvalue weighted by Crippen LogP contribution is -2.10. The van der Waals surface area contributed by atoms with Gasteiger partial charge in [-0.05, 0) is 35.1 Å². The molecular formula is C17H21NO. The van der Waals surface area contributed by atoms with Gasteiger partial charge in [-0.15, -0.1) is 0 Å². The molecule has 100 valence electrons. The van der Waals surface area contributed by atoms with Crippen molar-refractivity contribution >= 4 is 0 Å². The van der Waals surface area contributed by atoms with E-state index in [1.165, 1.54) is 5.56 Å². The molecule has 0 aliphatic rings. The molecule has 1 heterocycles. The van der Waals surface area contributed by atoms with E-state index in [9.17, 15) is 0 Å². The third-order valence-corrected chi connectivity index (χ3v) is 3.27. The Morgan fingerprint density at radius 3 is 2.32 bits per heavy atom. The molecule has 0 amide bonds. The quantitative estimate of drug-likeness (QED) is 0.909. The molecule has 2 aromatic rings. The molecule has 0 bridgehead atoms. The molecule has 19 heavy (non-hydrogen) atoms. The fourth-order valence-electron chi connectivity index (χ4n) is 2.06. The van der Waals surface area contributed by atoms with E-state index in [0.717, 1.165) is 16.8 Å². The van der Waals surface area contributed by atoms with Crippen LogP contribution < -0.4 is 0 Å². The Hall–Kier alpha value is -1.67. The molecule has 0 saturated carbocycles. The number of hydrogen-bond donors (Lipinski definition) is 1. The summed E-state index contributed by atoms with van der Waals surface area (Å²) >= 11 is 0. The molecule has 0 saturated heterocycles. The van der Waals surface area contributed by atoms with Gasteiger partial charge < -0.3 is 5.11 Å². The van der Waals surface area contributed by atoms with Crippen molar-refractivity contribution < 1.29 is 5.11 Å². The summed E-state index contributed by atoms with van der Waals surface area (Å²) in [5.41, 5.74) is 4.69. The molecule has 1 aromatic heterocycles. The molecule has 0 unspecified atom stereocenters. The molecule has 2 nitrogen and oxygen atoms in total. The Labute approximate surface area is 115 Å². The van der Waals surface area contributed by atoms with Crippen LogP contribution in [0.5, 0.6) is 0 Å². The van der Waals surface area contributed by atoms with Gasteiger partial charge in [0.1, 0.15) is 0 Å². The number of hydrogen-bond acceptors (Lipinski definition) is 2. The SMILES string of the molecule is CC(C)(C)c1ccc(-c2cc(CCO)ccn2)cc1. The highest BCUT2D eigenvalue weighted by atomic mass is 16.2. The zero-order valence-corrected chi connectivity index (χ0v) is 11.9. The van der Waals surface area contributed by atoms with E-state index in [0.29, 0.717) is 6.42 Å². The van der Waals surface area contributed by atoms with Crippen molar-refractivity contribution in [2.24, 2.45) is 0 Å². The molecular weight excluding hydrogens is 234 g/mol. The van der Waals surface area contributed by atoms with Crippen LogP contribution in [0.4, 0.5) is 0 Å². The molecule has 0 radical (unpaired) electrons. The minimum Gasteiger partial charge on any atom is -0.396 e. The normalized spacial score (nSPS) is 11.6. The zero-order valence-electron chi connectivity index (χ0n) is 11.9. The highest BCUT2D eigenvalue weighted by molar-refractivity contribution is 5.60. The summed E-state index contributed by atoms with van der Waals surface area (Å²) in [6.07, 6.45) is 2.48. The van der Waals surface area contributed by atoms with E-state index < -0.39 is 0 Å². The number of aliphatic hydroxyl groups excluding tert-OH is 1. The molecule has 0 atom stereocenters. The minimum atomic E-state index is 0.171. The number of rotatable bonds is 3. The van der Waals surface area contributed by atoms with Crippen LogP contribution >= 0.6 is 0 Å². The fraction of sp³-hybridized carbons (Fsp3) is 0.353. The lowest BCUT2D eigenvalue weighted by atomic mass is 9.86. The Morgan fingerprint density at radius 2 is 1.74 bits per heavy atom. The van der Waals surface area contributed by atoms with Crippen molar-refractivity contribution in [1.29, 1.82) is 0 Å². The predicted octanol–water partition coefficient (Wildman–Crippen LogP) is 3.58. The lowest BCUT2D eigenvalue weighted by Gasteiger charge is -2.19. The Kier molecular flexibility index (Phi) is 4.01. The maximum Gasteiger partial charge on any atom is 0.0704 e. The summed E-state index contributed by atoms with van der Waals surface area (Å²) in [7, 11) is 0. The van der Waals surface area contributed by atoms with Crippen molar-refractivity contribution in [3.8, 4) is 11.3 Å². The smallest absolute Gasteiger partial charge is 0.0704 e. The summed E-state index contributed by atoms with van der Waals surface area (Å²) in [6.45, 7) is 6.80. The molecule has 0 aliphatic carbocycles. The molecule has 0 aliphatic heterocycles. The standard InChI is InChI=1S/C17H21NO/c1-17(2,3)15-6-4-14(5-7-15)16-12-13(9-11-19)8-10-18-16/h4-8,10,12,19H,9,11H2,1-3H3. The monoisotopic (exact) mass is 255 g/mol. The van der Waals surface area contributed by atoms with Gasteiger partial charge in [0.15, 0.2) is 0 Å². The zero-order chi connectivity index (χ0) is 13.9. The van der Waals surface area contributed by atoms with Crippen LogP contribution in [0.2, 0.25) is 0 Å². The first-order valence-electron chi connectivity index (χ1n) is 6.67. The molecule has 2 heteroatoms. The minimum absolute atomic E-state index is 0.171. The molecule has 0 spiro atoms. The van der Waals surface area contributed by atoms with Gasteiger partial charge in [0.2, 0.25) is 0 Å². The van der Waals surface area contributed by atoms with Gasteiger partial charge in [-0.3, -0.25) is 4.98 Å². The summed E-state index contributed by atoms with van der Waals surface area (Å²) in [6, 6.07) is 12.5. The third-order valence-electron chi connectivity index (χ3n) is 3.27. The molecule has 0 fully saturated rings. The number of nitrogens with zero attached hydrogens (tertiary/aromatic N) is 1. The topological polar surface area (TPSA) is 33.1 Å². The summed E-state index contributed by atoms with van der Waals surface area (Å²) in [4.78, 5) is 4.40. The van der Waals surface area contributed by atoms with Crippen LogP contribution in [0.25, 0.3) is 11.3 Å². The first-order valence-corrected chi connectivity index (χ1v) is 6.67. The van der Waals surface area contributed by atoms with Crippen molar-refractivity contribution in [2.45, 2.75) is 32.6 Å². The Morgan fingerprint density at radius 1 is 1.05 bits per heavy atom. The van der Waals surface area contributed by atoms with Gasteiger partial charge in [0.05, 0.1) is 5.69 Å². The van der Waals surface area contributed by atoms with Crippen molar-refractivity contribution in [1.82, 2.24) is 4.98 Å². The van der Waals surface area contributed by atoms with Gasteiger partial charge in [0.25, 0.3) is 0 Å². The first kappa shape index (κ1) is 13.8. The van der Waals surface area contributed by atoms with Crippen molar-refractivity contribution in [2.75, 3.05) is 6.61 Å². The van der Waals surface area contributed by atoms with E-state index in [-0.39, 0.29) is 12.0 Å². The highest BCUT2D eigenvalue weighted by Crippen LogP contribution is 2.25. The second-order valence-corrected chi connectivity index (χ2v) is 5.85. The largest absolute Gasteiger partial charge is 0.396 e. The van der Waals surface area contributed by atoms with Crippen molar-refractivity contribution in [3.05, 3.63) is 53.7 Å². The van der Waals surface area contributed by atoms with E-state index in [4.69, 9.17) is 5.11 Å². The third kappa shape index (κ3) is 3.42. The lowest BCUT2D eigenvalue weighted by molar-refractivity contribution is 0.299. The average Bonchev–Trinajstić information content (AvgIpc) is 2.39. The second kappa shape index (κ2) is 5.54. The molecule has 1 N–H and O–H groups in total. The average molecular weight is 255 g/mol. The van der Waals surface area contributed by atoms with Gasteiger partial charge in [-0.25, -0.2) is 0 Å². The number of aliphatic hydroxyl groups is 1. The Bertz CT molecular complexity index is 538. The summed E-state index contributed by atoms with van der Waals surface area (Å²) < 4.78 is 0. The van der Waals surface area contributed by atoms with Gasteiger partial charge in [-0.2, -0.15) is 0 Å². The van der Waals surface area contributed by atoms with Crippen LogP contribution in [-0.4, -0.2) is 16.7 Å². The maximum absolute atomic E-state index is 8.99. The van der Waals surface area contributed by atoms with E-state index >= 15 is 0 Å². The number of benzene rings is 1. The predicted molar refractivity (Wildman–Crippen MR) is 79.2 cm³/mol. The van der Waals surface area contributed by atoms with Gasteiger partial charge >= 0.3 is 0 Å². The van der Waals surface area contributed by atoms with E-state index in [1.54, 1.807) is 6.20 Å². The summed E-state index contributed by atoms with van der Waals surface area (Å²) in [5.74, 6) is 0. The van der Waals surface area contributed by atoms with Gasteiger partial charge in [0, 0.05) is 18.4 Å². The second-order valence-electron chi connectivity index (χ2n) is 5.85. The van der Waals surface area contributed by atoms with Crippen LogP contribution in [-0.2, 0) is 11.8 Å². The highest BCUT2D eigenvalue weighted by Gasteiger charge is 2.13. The Balaban J connectivity index is 2.29. The first-order chi connectivity index (χ1) is 9.00. The maximum atomic E-state index is 8.99. The van der Waals surface area contributed by atoms with E-state index in [1.807, 2.05) is 12.1 Å². The van der Waals surface area contributed by atoms with E-state index in [2.05, 4.69) is 50.0 Å². The fourth-order valence-corrected chi connectivity index (χ4v) is 2.06. The van der Waals surface area contributed by atoms with Gasteiger partial charge in [-0.1, -0.05) is 45.0 Å². The van der Waals surface area contributed by atoms with Crippen molar-refractivity contribution in [3.63, 3.8) is 0 Å².